The van der Waals surface area contributed by atoms with E-state index in [4.69, 9.17) is 24.4 Å². The molecule has 0 unspecified atom stereocenters. The molecular weight excluding hydrogens is 633 g/mol. The van der Waals surface area contributed by atoms with Crippen LogP contribution >= 0.6 is 11.3 Å². The first kappa shape index (κ1) is 28.5. The van der Waals surface area contributed by atoms with Crippen LogP contribution in [-0.4, -0.2) is 19.9 Å². The normalized spacial score (nSPS) is 11.6. The van der Waals surface area contributed by atoms with E-state index in [0.29, 0.717) is 23.4 Å². The third-order valence-corrected chi connectivity index (χ3v) is 10.3. The molecule has 6 heteroatoms. The summed E-state index contributed by atoms with van der Waals surface area (Å²) in [6.45, 7) is 0. The molecule has 50 heavy (non-hydrogen) atoms. The van der Waals surface area contributed by atoms with Crippen LogP contribution in [0.3, 0.4) is 0 Å². The lowest BCUT2D eigenvalue weighted by Crippen LogP contribution is -2.00. The molecule has 0 aliphatic carbocycles. The van der Waals surface area contributed by atoms with E-state index >= 15 is 0 Å². The minimum Gasteiger partial charge on any atom is -0.435 e. The van der Waals surface area contributed by atoms with Crippen LogP contribution in [0.5, 0.6) is 0 Å². The second-order valence-corrected chi connectivity index (χ2v) is 13.3. The lowest BCUT2D eigenvalue weighted by molar-refractivity contribution is 0.623. The lowest BCUT2D eigenvalue weighted by atomic mass is 9.99. The summed E-state index contributed by atoms with van der Waals surface area (Å²) in [6, 6.07) is 53.9. The highest BCUT2D eigenvalue weighted by Crippen LogP contribution is 2.44. The van der Waals surface area contributed by atoms with Gasteiger partial charge in [-0.2, -0.15) is 0 Å². The lowest BCUT2D eigenvalue weighted by Gasteiger charge is -2.10. The van der Waals surface area contributed by atoms with Crippen LogP contribution in [0.25, 0.3) is 98.8 Å². The summed E-state index contributed by atoms with van der Waals surface area (Å²) in [5.74, 6) is 2.28. The fraction of sp³-hybridized carbons (Fsp3) is 0. The zero-order valence-electron chi connectivity index (χ0n) is 26.6. The van der Waals surface area contributed by atoms with E-state index in [9.17, 15) is 0 Å². The Bertz CT molecular complexity index is 2850. The maximum Gasteiger partial charge on any atom is 0.227 e. The zero-order valence-corrected chi connectivity index (χ0v) is 27.4. The molecule has 0 atom stereocenters. The van der Waals surface area contributed by atoms with Crippen molar-refractivity contribution in [3.63, 3.8) is 0 Å². The summed E-state index contributed by atoms with van der Waals surface area (Å²) in [6.07, 6.45) is 0. The van der Waals surface area contributed by atoms with Gasteiger partial charge in [-0.25, -0.2) is 19.9 Å². The van der Waals surface area contributed by atoms with Gasteiger partial charge in [0, 0.05) is 47.8 Å². The van der Waals surface area contributed by atoms with E-state index in [2.05, 4.69) is 91.0 Å². The van der Waals surface area contributed by atoms with E-state index in [-0.39, 0.29) is 0 Å². The second-order valence-electron chi connectivity index (χ2n) is 12.2. The maximum absolute atomic E-state index is 6.76. The number of hydrogen-bond donors (Lipinski definition) is 0. The van der Waals surface area contributed by atoms with Crippen molar-refractivity contribution in [2.75, 3.05) is 0 Å². The largest absolute Gasteiger partial charge is 0.435 e. The summed E-state index contributed by atoms with van der Waals surface area (Å²) in [7, 11) is 0. The number of aromatic nitrogens is 4. The smallest absolute Gasteiger partial charge is 0.227 e. The van der Waals surface area contributed by atoms with Crippen LogP contribution in [-0.2, 0) is 0 Å². The highest BCUT2D eigenvalue weighted by molar-refractivity contribution is 7.26. The van der Waals surface area contributed by atoms with Crippen molar-refractivity contribution < 1.29 is 4.42 Å². The standard InChI is InChI=1S/C44H26N4OS/c1-4-12-27(13-5-1)28-20-22-30(23-21-28)42-46-41(29-14-6-2-7-15-29)47-43(48-42)34-26-32-24-25-36-38(33-18-10-11-19-35(33)50-36)37(32)40-39(34)45-44(49-40)31-16-8-3-9-17-31/h1-26H. The number of nitrogens with zero attached hydrogens (tertiary/aromatic N) is 4. The summed E-state index contributed by atoms with van der Waals surface area (Å²) in [4.78, 5) is 20.4. The van der Waals surface area contributed by atoms with Gasteiger partial charge in [0.1, 0.15) is 5.52 Å². The van der Waals surface area contributed by atoms with Gasteiger partial charge >= 0.3 is 0 Å². The predicted octanol–water partition coefficient (Wildman–Crippen LogP) is 11.9. The Kier molecular flexibility index (Phi) is 6.60. The van der Waals surface area contributed by atoms with E-state index in [1.165, 1.54) is 20.2 Å². The first-order chi connectivity index (χ1) is 24.8. The zero-order chi connectivity index (χ0) is 33.0. The Balaban J connectivity index is 1.24. The highest BCUT2D eigenvalue weighted by Gasteiger charge is 2.23. The number of hydrogen-bond acceptors (Lipinski definition) is 6. The Morgan fingerprint density at radius 2 is 0.980 bits per heavy atom. The summed E-state index contributed by atoms with van der Waals surface area (Å²) in [5, 5.41) is 4.46. The van der Waals surface area contributed by atoms with Crippen molar-refractivity contribution in [2.45, 2.75) is 0 Å². The summed E-state index contributed by atoms with van der Waals surface area (Å²) in [5.41, 5.74) is 7.24. The molecule has 0 saturated heterocycles. The van der Waals surface area contributed by atoms with Gasteiger partial charge in [-0.05, 0) is 46.8 Å². The monoisotopic (exact) mass is 658 g/mol. The van der Waals surface area contributed by atoms with Crippen LogP contribution in [0.15, 0.2) is 162 Å². The van der Waals surface area contributed by atoms with Crippen molar-refractivity contribution in [3.05, 3.63) is 158 Å². The third-order valence-electron chi connectivity index (χ3n) is 9.16. The molecule has 10 aromatic rings. The minimum atomic E-state index is 0.538. The minimum absolute atomic E-state index is 0.538. The Morgan fingerprint density at radius 3 is 1.70 bits per heavy atom. The Hall–Kier alpha value is -6.50. The molecule has 5 nitrogen and oxygen atoms in total. The first-order valence-corrected chi connectivity index (χ1v) is 17.3. The van der Waals surface area contributed by atoms with Crippen LogP contribution < -0.4 is 0 Å². The highest BCUT2D eigenvalue weighted by atomic mass is 32.1. The Labute approximate surface area is 291 Å². The van der Waals surface area contributed by atoms with Gasteiger partial charge in [-0.15, -0.1) is 11.3 Å². The average Bonchev–Trinajstić information content (AvgIpc) is 3.81. The van der Waals surface area contributed by atoms with Crippen molar-refractivity contribution in [2.24, 2.45) is 0 Å². The molecule has 10 rings (SSSR count). The number of benzene rings is 7. The fourth-order valence-electron chi connectivity index (χ4n) is 6.75. The van der Waals surface area contributed by atoms with Gasteiger partial charge in [-0.3, -0.25) is 0 Å². The predicted molar refractivity (Wildman–Crippen MR) is 205 cm³/mol. The van der Waals surface area contributed by atoms with Crippen molar-refractivity contribution in [1.82, 2.24) is 19.9 Å². The summed E-state index contributed by atoms with van der Waals surface area (Å²) >= 11 is 1.79. The van der Waals surface area contributed by atoms with E-state index < -0.39 is 0 Å². The van der Waals surface area contributed by atoms with Crippen LogP contribution in [0, 0.1) is 0 Å². The number of thiophene rings is 1. The van der Waals surface area contributed by atoms with Gasteiger partial charge in [-0.1, -0.05) is 127 Å². The molecule has 3 aromatic heterocycles. The van der Waals surface area contributed by atoms with Crippen molar-refractivity contribution in [1.29, 1.82) is 0 Å². The molecule has 0 aliphatic rings. The van der Waals surface area contributed by atoms with Crippen LogP contribution in [0.1, 0.15) is 0 Å². The number of fused-ring (bicyclic) bond motifs is 7. The average molecular weight is 659 g/mol. The molecule has 0 saturated carbocycles. The molecule has 0 N–H and O–H groups in total. The number of rotatable bonds is 5. The molecule has 0 amide bonds. The van der Waals surface area contributed by atoms with Gasteiger partial charge in [0.05, 0.1) is 0 Å². The van der Waals surface area contributed by atoms with Gasteiger partial charge in [0.15, 0.2) is 23.1 Å². The molecule has 234 valence electrons. The second kappa shape index (κ2) is 11.6. The van der Waals surface area contributed by atoms with Crippen molar-refractivity contribution >= 4 is 53.4 Å². The quantitative estimate of drug-likeness (QED) is 0.184. The number of oxazole rings is 1. The van der Waals surface area contributed by atoms with E-state index in [0.717, 1.165) is 55.3 Å². The Morgan fingerprint density at radius 1 is 0.420 bits per heavy atom. The maximum atomic E-state index is 6.76. The first-order valence-electron chi connectivity index (χ1n) is 16.5. The molecule has 7 aromatic carbocycles. The molecule has 3 heterocycles. The van der Waals surface area contributed by atoms with Gasteiger partial charge in [0.25, 0.3) is 0 Å². The van der Waals surface area contributed by atoms with E-state index in [1.807, 2.05) is 66.7 Å². The van der Waals surface area contributed by atoms with Gasteiger partial charge in [0.2, 0.25) is 5.89 Å². The SMILES string of the molecule is c1ccc(-c2ccc(-c3nc(-c4ccccc4)nc(-c4cc5ccc6sc7ccccc7c6c5c5oc(-c6ccccc6)nc45)n3)cc2)cc1. The topological polar surface area (TPSA) is 64.7 Å². The molecule has 0 spiro atoms. The van der Waals surface area contributed by atoms with Gasteiger partial charge < -0.3 is 4.42 Å². The van der Waals surface area contributed by atoms with Crippen LogP contribution in [0.4, 0.5) is 0 Å². The van der Waals surface area contributed by atoms with Crippen LogP contribution in [0.2, 0.25) is 0 Å². The molecule has 0 bridgehead atoms. The molecular formula is C44H26N4OS. The molecule has 0 radical (unpaired) electrons. The van der Waals surface area contributed by atoms with E-state index in [1.54, 1.807) is 11.3 Å². The van der Waals surface area contributed by atoms with Crippen molar-refractivity contribution in [3.8, 4) is 56.7 Å². The molecule has 0 fully saturated rings. The summed E-state index contributed by atoms with van der Waals surface area (Å²) < 4.78 is 9.21. The third kappa shape index (κ3) is 4.77. The fourth-order valence-corrected chi connectivity index (χ4v) is 7.87. The molecule has 0 aliphatic heterocycles.